The Labute approximate surface area is 78.9 Å². The second-order valence-electron chi connectivity index (χ2n) is 3.54. The molecule has 2 rings (SSSR count). The van der Waals surface area contributed by atoms with E-state index in [0.717, 1.165) is 6.42 Å². The fraction of sp³-hybridized carbons (Fsp3) is 0.364. The van der Waals surface area contributed by atoms with Crippen LogP contribution >= 0.6 is 0 Å². The van der Waals surface area contributed by atoms with E-state index in [1.54, 1.807) is 0 Å². The topological polar surface area (TPSA) is 15.6 Å². The quantitative estimate of drug-likeness (QED) is 0.638. The van der Waals surface area contributed by atoms with Crippen LogP contribution in [-0.4, -0.2) is 17.8 Å². The molecule has 0 N–H and O–H groups in total. The number of hydrazone groups is 1. The van der Waals surface area contributed by atoms with Crippen LogP contribution < -0.4 is 0 Å². The SMILES string of the molecule is CC1=NN(C)[C@H](c2ccccc2)C1. The lowest BCUT2D eigenvalue weighted by Crippen LogP contribution is -2.13. The molecule has 1 heterocycles. The molecule has 1 aliphatic rings. The number of benzene rings is 1. The standard InChI is InChI=1S/C11H14N2/c1-9-8-11(13(2)12-9)10-6-4-3-5-7-10/h3-7,11H,8H2,1-2H3/t11-/m0/s1. The molecule has 0 spiro atoms. The fourth-order valence-corrected chi connectivity index (χ4v) is 1.80. The minimum absolute atomic E-state index is 0.446. The van der Waals surface area contributed by atoms with Crippen LogP contribution in [0.25, 0.3) is 0 Å². The Balaban J connectivity index is 2.21. The Morgan fingerprint density at radius 3 is 2.54 bits per heavy atom. The minimum Gasteiger partial charge on any atom is -0.292 e. The van der Waals surface area contributed by atoms with Crippen molar-refractivity contribution in [3.05, 3.63) is 35.9 Å². The van der Waals surface area contributed by atoms with Crippen LogP contribution in [0.5, 0.6) is 0 Å². The number of hydrogen-bond acceptors (Lipinski definition) is 2. The summed E-state index contributed by atoms with van der Waals surface area (Å²) in [6.07, 6.45) is 1.06. The van der Waals surface area contributed by atoms with Crippen LogP contribution in [0, 0.1) is 0 Å². The van der Waals surface area contributed by atoms with Crippen LogP contribution in [0.1, 0.15) is 24.9 Å². The van der Waals surface area contributed by atoms with E-state index < -0.39 is 0 Å². The zero-order valence-corrected chi connectivity index (χ0v) is 8.07. The van der Waals surface area contributed by atoms with Crippen LogP contribution in [0.3, 0.4) is 0 Å². The van der Waals surface area contributed by atoms with Gasteiger partial charge in [-0.1, -0.05) is 30.3 Å². The molecule has 0 aliphatic carbocycles. The summed E-state index contributed by atoms with van der Waals surface area (Å²) >= 11 is 0. The van der Waals surface area contributed by atoms with Gasteiger partial charge in [-0.05, 0) is 12.5 Å². The molecule has 1 atom stereocenters. The lowest BCUT2D eigenvalue weighted by Gasteiger charge is -2.18. The second kappa shape index (κ2) is 3.21. The Kier molecular flexibility index (Phi) is 2.05. The molecule has 0 unspecified atom stereocenters. The highest BCUT2D eigenvalue weighted by atomic mass is 15.5. The predicted octanol–water partition coefficient (Wildman–Crippen LogP) is 2.44. The van der Waals surface area contributed by atoms with Gasteiger partial charge in [-0.15, -0.1) is 0 Å². The molecule has 1 aliphatic heterocycles. The summed E-state index contributed by atoms with van der Waals surface area (Å²) in [6, 6.07) is 11.0. The van der Waals surface area contributed by atoms with Gasteiger partial charge in [-0.3, -0.25) is 5.01 Å². The lowest BCUT2D eigenvalue weighted by molar-refractivity contribution is 0.290. The first-order chi connectivity index (χ1) is 6.27. The van der Waals surface area contributed by atoms with Gasteiger partial charge in [0, 0.05) is 19.2 Å². The first-order valence-electron chi connectivity index (χ1n) is 4.59. The molecule has 2 heteroatoms. The van der Waals surface area contributed by atoms with Crippen molar-refractivity contribution in [1.29, 1.82) is 0 Å². The zero-order chi connectivity index (χ0) is 9.26. The number of nitrogens with zero attached hydrogens (tertiary/aromatic N) is 2. The average molecular weight is 174 g/mol. The van der Waals surface area contributed by atoms with E-state index >= 15 is 0 Å². The normalized spacial score (nSPS) is 21.8. The Morgan fingerprint density at radius 2 is 2.00 bits per heavy atom. The molecule has 0 fully saturated rings. The second-order valence-corrected chi connectivity index (χ2v) is 3.54. The Morgan fingerprint density at radius 1 is 1.31 bits per heavy atom. The van der Waals surface area contributed by atoms with E-state index in [-0.39, 0.29) is 0 Å². The van der Waals surface area contributed by atoms with Gasteiger partial charge < -0.3 is 0 Å². The zero-order valence-electron chi connectivity index (χ0n) is 8.07. The van der Waals surface area contributed by atoms with Crippen molar-refractivity contribution in [3.63, 3.8) is 0 Å². The number of rotatable bonds is 1. The summed E-state index contributed by atoms with van der Waals surface area (Å²) in [7, 11) is 2.04. The largest absolute Gasteiger partial charge is 0.292 e. The van der Waals surface area contributed by atoms with Gasteiger partial charge in [0.25, 0.3) is 0 Å². The molecule has 0 aromatic heterocycles. The van der Waals surface area contributed by atoms with E-state index in [1.165, 1.54) is 11.3 Å². The highest BCUT2D eigenvalue weighted by Crippen LogP contribution is 2.28. The molecule has 0 amide bonds. The maximum Gasteiger partial charge on any atom is 0.0769 e. The van der Waals surface area contributed by atoms with Gasteiger partial charge in [-0.25, -0.2) is 0 Å². The predicted molar refractivity (Wildman–Crippen MR) is 54.7 cm³/mol. The van der Waals surface area contributed by atoms with E-state index in [1.807, 2.05) is 18.1 Å². The van der Waals surface area contributed by atoms with Crippen molar-refractivity contribution in [2.24, 2.45) is 5.10 Å². The van der Waals surface area contributed by atoms with Crippen molar-refractivity contribution in [2.75, 3.05) is 7.05 Å². The third-order valence-corrected chi connectivity index (χ3v) is 2.45. The van der Waals surface area contributed by atoms with Gasteiger partial charge in [0.05, 0.1) is 6.04 Å². The fourth-order valence-electron chi connectivity index (χ4n) is 1.80. The highest BCUT2D eigenvalue weighted by molar-refractivity contribution is 5.83. The summed E-state index contributed by atoms with van der Waals surface area (Å²) in [5.41, 5.74) is 2.57. The van der Waals surface area contributed by atoms with Gasteiger partial charge in [-0.2, -0.15) is 5.10 Å². The maximum atomic E-state index is 4.40. The summed E-state index contributed by atoms with van der Waals surface area (Å²) in [5, 5.41) is 6.44. The molecular formula is C11H14N2. The first kappa shape index (κ1) is 8.30. The van der Waals surface area contributed by atoms with Crippen molar-refractivity contribution in [2.45, 2.75) is 19.4 Å². The van der Waals surface area contributed by atoms with E-state index in [2.05, 4.69) is 36.3 Å². The van der Waals surface area contributed by atoms with Crippen LogP contribution in [0.2, 0.25) is 0 Å². The molecule has 68 valence electrons. The van der Waals surface area contributed by atoms with Crippen LogP contribution in [0.15, 0.2) is 35.4 Å². The maximum absolute atomic E-state index is 4.40. The summed E-state index contributed by atoms with van der Waals surface area (Å²) in [4.78, 5) is 0. The Hall–Kier alpha value is -1.31. The summed E-state index contributed by atoms with van der Waals surface area (Å²) in [6.45, 7) is 2.08. The van der Waals surface area contributed by atoms with Gasteiger partial charge in [0.1, 0.15) is 0 Å². The average Bonchev–Trinajstić information content (AvgIpc) is 2.47. The van der Waals surface area contributed by atoms with Gasteiger partial charge >= 0.3 is 0 Å². The smallest absolute Gasteiger partial charge is 0.0769 e. The van der Waals surface area contributed by atoms with Gasteiger partial charge in [0.2, 0.25) is 0 Å². The molecule has 0 radical (unpaired) electrons. The molecule has 0 bridgehead atoms. The summed E-state index contributed by atoms with van der Waals surface area (Å²) in [5.74, 6) is 0. The Bertz CT molecular complexity index is 316. The van der Waals surface area contributed by atoms with Crippen molar-refractivity contribution in [3.8, 4) is 0 Å². The molecule has 0 saturated carbocycles. The van der Waals surface area contributed by atoms with Crippen molar-refractivity contribution >= 4 is 5.71 Å². The lowest BCUT2D eigenvalue weighted by atomic mass is 10.0. The third kappa shape index (κ3) is 1.57. The molecule has 1 aromatic carbocycles. The van der Waals surface area contributed by atoms with Crippen LogP contribution in [-0.2, 0) is 0 Å². The van der Waals surface area contributed by atoms with Crippen LogP contribution in [0.4, 0.5) is 0 Å². The van der Waals surface area contributed by atoms with Crippen molar-refractivity contribution in [1.82, 2.24) is 5.01 Å². The van der Waals surface area contributed by atoms with Crippen molar-refractivity contribution < 1.29 is 0 Å². The molecule has 1 aromatic rings. The van der Waals surface area contributed by atoms with Gasteiger partial charge in [0.15, 0.2) is 0 Å². The molecular weight excluding hydrogens is 160 g/mol. The molecule has 0 saturated heterocycles. The van der Waals surface area contributed by atoms with E-state index in [4.69, 9.17) is 0 Å². The van der Waals surface area contributed by atoms with E-state index in [9.17, 15) is 0 Å². The first-order valence-corrected chi connectivity index (χ1v) is 4.59. The van der Waals surface area contributed by atoms with E-state index in [0.29, 0.717) is 6.04 Å². The molecule has 13 heavy (non-hydrogen) atoms. The monoisotopic (exact) mass is 174 g/mol. The third-order valence-electron chi connectivity index (χ3n) is 2.45. The molecule has 2 nitrogen and oxygen atoms in total. The summed E-state index contributed by atoms with van der Waals surface area (Å²) < 4.78 is 0. The number of hydrogen-bond donors (Lipinski definition) is 0. The minimum atomic E-state index is 0.446. The highest BCUT2D eigenvalue weighted by Gasteiger charge is 2.22.